The van der Waals surface area contributed by atoms with E-state index in [0.29, 0.717) is 23.4 Å². The largest absolute Gasteiger partial charge is 0.294 e. The summed E-state index contributed by atoms with van der Waals surface area (Å²) in [5.41, 5.74) is 0.456. The summed E-state index contributed by atoms with van der Waals surface area (Å²) in [6, 6.07) is 11.6. The smallest absolute Gasteiger partial charge is 0.243 e. The third-order valence-corrected chi connectivity index (χ3v) is 6.52. The van der Waals surface area contributed by atoms with Crippen LogP contribution in [0.5, 0.6) is 0 Å². The molecule has 1 saturated heterocycles. The fourth-order valence-corrected chi connectivity index (χ4v) is 4.76. The maximum atomic E-state index is 13.0. The molecule has 0 spiro atoms. The maximum Gasteiger partial charge on any atom is 0.243 e. The van der Waals surface area contributed by atoms with Gasteiger partial charge in [0.05, 0.1) is 4.90 Å². The van der Waals surface area contributed by atoms with Gasteiger partial charge in [-0.15, -0.1) is 0 Å². The predicted molar refractivity (Wildman–Crippen MR) is 93.7 cm³/mol. The molecule has 25 heavy (non-hydrogen) atoms. The molecule has 0 amide bonds. The molecule has 2 aromatic carbocycles. The summed E-state index contributed by atoms with van der Waals surface area (Å²) >= 11 is 5.88. The van der Waals surface area contributed by atoms with Gasteiger partial charge < -0.3 is 0 Å². The van der Waals surface area contributed by atoms with E-state index in [-0.39, 0.29) is 35.5 Å². The van der Waals surface area contributed by atoms with Crippen LogP contribution in [0.25, 0.3) is 0 Å². The second-order valence-corrected chi connectivity index (χ2v) is 8.38. The number of rotatable bonds is 4. The summed E-state index contributed by atoms with van der Waals surface area (Å²) in [7, 11) is -3.62. The van der Waals surface area contributed by atoms with Crippen molar-refractivity contribution in [3.63, 3.8) is 0 Å². The molecule has 132 valence electrons. The summed E-state index contributed by atoms with van der Waals surface area (Å²) in [6.45, 7) is 0.541. The number of carbonyl (C=O) groups is 1. The summed E-state index contributed by atoms with van der Waals surface area (Å²) in [4.78, 5) is 12.6. The Morgan fingerprint density at radius 3 is 2.32 bits per heavy atom. The molecule has 0 saturated carbocycles. The monoisotopic (exact) mass is 381 g/mol. The number of benzene rings is 2. The van der Waals surface area contributed by atoms with Gasteiger partial charge in [0, 0.05) is 29.6 Å². The summed E-state index contributed by atoms with van der Waals surface area (Å²) in [5, 5.41) is 0.363. The molecular formula is C18H17ClFNO3S. The fourth-order valence-electron chi connectivity index (χ4n) is 2.98. The number of piperidine rings is 1. The third-order valence-electron chi connectivity index (χ3n) is 4.39. The predicted octanol–water partition coefficient (Wildman–Crippen LogP) is 3.76. The van der Waals surface area contributed by atoms with Gasteiger partial charge in [0.15, 0.2) is 5.78 Å². The second kappa shape index (κ2) is 7.23. The average Bonchev–Trinajstić information content (AvgIpc) is 2.62. The van der Waals surface area contributed by atoms with Crippen molar-refractivity contribution in [2.24, 2.45) is 5.92 Å². The number of Topliss-reactive ketones (excluding diaryl/α,β-unsaturated/α-hetero) is 1. The Hall–Kier alpha value is -1.76. The Morgan fingerprint density at radius 1 is 1.08 bits per heavy atom. The van der Waals surface area contributed by atoms with Gasteiger partial charge in [0.25, 0.3) is 0 Å². The van der Waals surface area contributed by atoms with Gasteiger partial charge in [-0.3, -0.25) is 4.79 Å². The minimum absolute atomic E-state index is 0.0696. The molecule has 1 aliphatic rings. The molecule has 3 rings (SSSR count). The molecular weight excluding hydrogens is 365 g/mol. The van der Waals surface area contributed by atoms with Gasteiger partial charge in [-0.05, 0) is 55.3 Å². The molecule has 1 fully saturated rings. The van der Waals surface area contributed by atoms with E-state index in [2.05, 4.69) is 0 Å². The van der Waals surface area contributed by atoms with Gasteiger partial charge in [-0.1, -0.05) is 17.7 Å². The lowest BCUT2D eigenvalue weighted by atomic mass is 9.90. The normalized spacial score (nSPS) is 16.7. The molecule has 1 heterocycles. The van der Waals surface area contributed by atoms with E-state index in [0.717, 1.165) is 0 Å². The standard InChI is InChI=1S/C18H17ClFNO3S/c19-15-2-1-3-17(12-15)25(23,24)21-10-8-14(9-11-21)18(22)13-4-6-16(20)7-5-13/h1-7,12,14H,8-11H2. The van der Waals surface area contributed by atoms with Crippen molar-refractivity contribution in [2.45, 2.75) is 17.7 Å². The van der Waals surface area contributed by atoms with E-state index in [1.54, 1.807) is 12.1 Å². The molecule has 0 aliphatic carbocycles. The van der Waals surface area contributed by atoms with Crippen molar-refractivity contribution in [2.75, 3.05) is 13.1 Å². The van der Waals surface area contributed by atoms with Crippen molar-refractivity contribution < 1.29 is 17.6 Å². The van der Waals surface area contributed by atoms with Gasteiger partial charge >= 0.3 is 0 Å². The zero-order valence-corrected chi connectivity index (χ0v) is 14.9. The SMILES string of the molecule is O=C(c1ccc(F)cc1)C1CCN(S(=O)(=O)c2cccc(Cl)c2)CC1. The van der Waals surface area contributed by atoms with Crippen molar-refractivity contribution in [1.29, 1.82) is 0 Å². The number of halogens is 2. The quantitative estimate of drug-likeness (QED) is 0.757. The molecule has 0 aromatic heterocycles. The number of hydrogen-bond donors (Lipinski definition) is 0. The number of carbonyl (C=O) groups excluding carboxylic acids is 1. The maximum absolute atomic E-state index is 13.0. The van der Waals surface area contributed by atoms with E-state index in [1.807, 2.05) is 0 Å². The summed E-state index contributed by atoms with van der Waals surface area (Å²) < 4.78 is 39.7. The van der Waals surface area contributed by atoms with E-state index in [1.165, 1.54) is 40.7 Å². The zero-order chi connectivity index (χ0) is 18.0. The minimum Gasteiger partial charge on any atom is -0.294 e. The van der Waals surface area contributed by atoms with Crippen LogP contribution in [0.2, 0.25) is 5.02 Å². The fraction of sp³-hybridized carbons (Fsp3) is 0.278. The van der Waals surface area contributed by atoms with Crippen LogP contribution >= 0.6 is 11.6 Å². The van der Waals surface area contributed by atoms with E-state index < -0.39 is 10.0 Å². The number of ketones is 1. The highest BCUT2D eigenvalue weighted by Gasteiger charge is 2.32. The van der Waals surface area contributed by atoms with Crippen LogP contribution in [0.15, 0.2) is 53.4 Å². The Kier molecular flexibility index (Phi) is 5.22. The van der Waals surface area contributed by atoms with Crippen LogP contribution in [-0.2, 0) is 10.0 Å². The van der Waals surface area contributed by atoms with Crippen molar-refractivity contribution in [3.8, 4) is 0 Å². The second-order valence-electron chi connectivity index (χ2n) is 6.01. The van der Waals surface area contributed by atoms with Crippen molar-refractivity contribution in [3.05, 3.63) is 64.9 Å². The Labute approximate surface area is 151 Å². The van der Waals surface area contributed by atoms with Gasteiger partial charge in [-0.25, -0.2) is 12.8 Å². The van der Waals surface area contributed by atoms with E-state index >= 15 is 0 Å². The molecule has 0 atom stereocenters. The summed E-state index contributed by atoms with van der Waals surface area (Å²) in [5.74, 6) is -0.713. The molecule has 0 bridgehead atoms. The van der Waals surface area contributed by atoms with Crippen LogP contribution < -0.4 is 0 Å². The zero-order valence-electron chi connectivity index (χ0n) is 13.4. The van der Waals surface area contributed by atoms with Crippen LogP contribution in [-0.4, -0.2) is 31.6 Å². The molecule has 4 nitrogen and oxygen atoms in total. The summed E-state index contributed by atoms with van der Waals surface area (Å²) in [6.07, 6.45) is 0.881. The number of sulfonamides is 1. The highest BCUT2D eigenvalue weighted by atomic mass is 35.5. The van der Waals surface area contributed by atoms with Gasteiger partial charge in [0.2, 0.25) is 10.0 Å². The average molecular weight is 382 g/mol. The first-order valence-corrected chi connectivity index (χ1v) is 9.75. The minimum atomic E-state index is -3.62. The topological polar surface area (TPSA) is 54.5 Å². The molecule has 1 aliphatic heterocycles. The van der Waals surface area contributed by atoms with Crippen molar-refractivity contribution in [1.82, 2.24) is 4.31 Å². The van der Waals surface area contributed by atoms with Crippen LogP contribution in [0.3, 0.4) is 0 Å². The van der Waals surface area contributed by atoms with Gasteiger partial charge in [-0.2, -0.15) is 4.31 Å². The van der Waals surface area contributed by atoms with E-state index in [4.69, 9.17) is 11.6 Å². The van der Waals surface area contributed by atoms with Crippen LogP contribution in [0, 0.1) is 11.7 Å². The third kappa shape index (κ3) is 3.92. The molecule has 7 heteroatoms. The van der Waals surface area contributed by atoms with E-state index in [9.17, 15) is 17.6 Å². The number of hydrogen-bond acceptors (Lipinski definition) is 3. The lowest BCUT2D eigenvalue weighted by Gasteiger charge is -2.30. The van der Waals surface area contributed by atoms with Crippen LogP contribution in [0.4, 0.5) is 4.39 Å². The molecule has 0 N–H and O–H groups in total. The first-order valence-electron chi connectivity index (χ1n) is 7.93. The highest BCUT2D eigenvalue weighted by Crippen LogP contribution is 2.27. The van der Waals surface area contributed by atoms with Crippen molar-refractivity contribution >= 4 is 27.4 Å². The van der Waals surface area contributed by atoms with Crippen LogP contribution in [0.1, 0.15) is 23.2 Å². The first kappa shape index (κ1) is 18.0. The lowest BCUT2D eigenvalue weighted by molar-refractivity contribution is 0.0875. The Morgan fingerprint density at radius 2 is 1.72 bits per heavy atom. The molecule has 0 radical (unpaired) electrons. The Bertz CT molecular complexity index is 875. The number of nitrogens with zero attached hydrogens (tertiary/aromatic N) is 1. The van der Waals surface area contributed by atoms with Gasteiger partial charge in [0.1, 0.15) is 5.82 Å². The molecule has 0 unspecified atom stereocenters. The lowest BCUT2D eigenvalue weighted by Crippen LogP contribution is -2.40. The Balaban J connectivity index is 1.69. The highest BCUT2D eigenvalue weighted by molar-refractivity contribution is 7.89. The first-order chi connectivity index (χ1) is 11.9. The molecule has 2 aromatic rings.